The zero-order valence-electron chi connectivity index (χ0n) is 15.0. The molecule has 3 rings (SSSR count). The van der Waals surface area contributed by atoms with Crippen molar-refractivity contribution in [3.8, 4) is 10.6 Å². The third-order valence-corrected chi connectivity index (χ3v) is 5.80. The summed E-state index contributed by atoms with van der Waals surface area (Å²) < 4.78 is 6.79. The summed E-state index contributed by atoms with van der Waals surface area (Å²) in [4.78, 5) is 19.4. The van der Waals surface area contributed by atoms with E-state index in [2.05, 4.69) is 15.0 Å². The molecule has 0 saturated carbocycles. The zero-order valence-corrected chi connectivity index (χ0v) is 15.8. The van der Waals surface area contributed by atoms with Crippen LogP contribution in [0.3, 0.4) is 0 Å². The predicted molar refractivity (Wildman–Crippen MR) is 96.8 cm³/mol. The second kappa shape index (κ2) is 7.33. The van der Waals surface area contributed by atoms with Crippen molar-refractivity contribution in [3.63, 3.8) is 0 Å². The molecular formula is C17H24N4O3S. The van der Waals surface area contributed by atoms with Gasteiger partial charge in [0.1, 0.15) is 5.01 Å². The van der Waals surface area contributed by atoms with Crippen LogP contribution in [-0.2, 0) is 18.3 Å². The summed E-state index contributed by atoms with van der Waals surface area (Å²) in [6.07, 6.45) is 0.973. The molecule has 1 aliphatic rings. The van der Waals surface area contributed by atoms with Crippen molar-refractivity contribution >= 4 is 11.3 Å². The van der Waals surface area contributed by atoms with E-state index in [1.165, 1.54) is 16.0 Å². The summed E-state index contributed by atoms with van der Waals surface area (Å²) in [5.74, 6) is 0. The SMILES string of the molecule is CO[C@H]1C[C@@H](CO)N(Cc2csc(-c3c(C)c(C)nn(C)c3=O)n2)C1. The number of methoxy groups -OCH3 is 1. The van der Waals surface area contributed by atoms with Gasteiger partial charge in [-0.1, -0.05) is 0 Å². The van der Waals surface area contributed by atoms with Gasteiger partial charge in [0.25, 0.3) is 5.56 Å². The number of nitrogens with zero attached hydrogens (tertiary/aromatic N) is 4. The molecule has 136 valence electrons. The molecule has 0 spiro atoms. The number of thiazole rings is 1. The number of aromatic nitrogens is 3. The monoisotopic (exact) mass is 364 g/mol. The minimum Gasteiger partial charge on any atom is -0.395 e. The standard InChI is InChI=1S/C17H24N4O3S/c1-10-11(2)19-20(3)17(23)15(10)16-18-12(9-25-16)6-21-7-14(24-4)5-13(21)8-22/h9,13-14,22H,5-8H2,1-4H3/t13-,14-/m0/s1. The van der Waals surface area contributed by atoms with Gasteiger partial charge in [-0.15, -0.1) is 11.3 Å². The van der Waals surface area contributed by atoms with Crippen molar-refractivity contribution in [2.24, 2.45) is 7.05 Å². The molecular weight excluding hydrogens is 340 g/mol. The van der Waals surface area contributed by atoms with Crippen LogP contribution in [0.2, 0.25) is 0 Å². The molecule has 0 unspecified atom stereocenters. The first-order valence-electron chi connectivity index (χ1n) is 8.31. The van der Waals surface area contributed by atoms with Crippen LogP contribution >= 0.6 is 11.3 Å². The first-order valence-corrected chi connectivity index (χ1v) is 9.19. The lowest BCUT2D eigenvalue weighted by Crippen LogP contribution is -2.32. The van der Waals surface area contributed by atoms with Crippen molar-refractivity contribution in [1.82, 2.24) is 19.7 Å². The number of aliphatic hydroxyl groups excluding tert-OH is 1. The molecule has 0 aromatic carbocycles. The van der Waals surface area contributed by atoms with E-state index in [0.717, 1.165) is 34.9 Å². The molecule has 2 atom stereocenters. The van der Waals surface area contributed by atoms with E-state index < -0.39 is 0 Å². The Labute approximate surface area is 150 Å². The average Bonchev–Trinajstić information content (AvgIpc) is 3.20. The van der Waals surface area contributed by atoms with Crippen LogP contribution in [-0.4, -0.2) is 57.2 Å². The maximum Gasteiger partial charge on any atom is 0.277 e. The van der Waals surface area contributed by atoms with Gasteiger partial charge in [0.05, 0.1) is 29.7 Å². The number of aliphatic hydroxyl groups is 1. The Kier molecular flexibility index (Phi) is 5.33. The number of hydrogen-bond donors (Lipinski definition) is 1. The average molecular weight is 364 g/mol. The van der Waals surface area contributed by atoms with E-state index >= 15 is 0 Å². The van der Waals surface area contributed by atoms with Gasteiger partial charge < -0.3 is 9.84 Å². The third-order valence-electron chi connectivity index (χ3n) is 4.89. The summed E-state index contributed by atoms with van der Waals surface area (Å²) >= 11 is 1.47. The summed E-state index contributed by atoms with van der Waals surface area (Å²) in [5, 5.41) is 16.5. The second-order valence-corrected chi connectivity index (χ2v) is 7.38. The highest BCUT2D eigenvalue weighted by Crippen LogP contribution is 2.27. The smallest absolute Gasteiger partial charge is 0.277 e. The Bertz CT molecular complexity index is 817. The Morgan fingerprint density at radius 1 is 1.44 bits per heavy atom. The lowest BCUT2D eigenvalue weighted by Gasteiger charge is -2.20. The molecule has 0 aliphatic carbocycles. The molecule has 8 heteroatoms. The van der Waals surface area contributed by atoms with E-state index in [9.17, 15) is 9.90 Å². The van der Waals surface area contributed by atoms with Gasteiger partial charge in [-0.25, -0.2) is 9.67 Å². The molecule has 1 fully saturated rings. The molecule has 0 bridgehead atoms. The Balaban J connectivity index is 1.86. The normalized spacial score (nSPS) is 21.2. The van der Waals surface area contributed by atoms with Gasteiger partial charge in [0.2, 0.25) is 0 Å². The number of likely N-dealkylation sites (tertiary alicyclic amines) is 1. The van der Waals surface area contributed by atoms with Crippen LogP contribution in [0.25, 0.3) is 10.6 Å². The topological polar surface area (TPSA) is 80.5 Å². The first kappa shape index (κ1) is 18.2. The highest BCUT2D eigenvalue weighted by molar-refractivity contribution is 7.13. The highest BCUT2D eigenvalue weighted by atomic mass is 32.1. The van der Waals surface area contributed by atoms with Gasteiger partial charge in [0.15, 0.2) is 0 Å². The molecule has 2 aromatic heterocycles. The molecule has 3 heterocycles. The minimum atomic E-state index is -0.127. The molecule has 1 N–H and O–H groups in total. The van der Waals surface area contributed by atoms with Crippen molar-refractivity contribution in [3.05, 3.63) is 32.7 Å². The number of rotatable bonds is 5. The van der Waals surface area contributed by atoms with Crippen LogP contribution in [0.15, 0.2) is 10.2 Å². The summed E-state index contributed by atoms with van der Waals surface area (Å²) in [7, 11) is 3.36. The zero-order chi connectivity index (χ0) is 18.1. The van der Waals surface area contributed by atoms with Crippen molar-refractivity contribution in [2.45, 2.75) is 39.0 Å². The highest BCUT2D eigenvalue weighted by Gasteiger charge is 2.32. The molecule has 1 aliphatic heterocycles. The molecule has 1 saturated heterocycles. The quantitative estimate of drug-likeness (QED) is 0.856. The number of hydrogen-bond acceptors (Lipinski definition) is 7. The van der Waals surface area contributed by atoms with Crippen molar-refractivity contribution < 1.29 is 9.84 Å². The van der Waals surface area contributed by atoms with E-state index in [0.29, 0.717) is 12.1 Å². The Morgan fingerprint density at radius 3 is 2.88 bits per heavy atom. The van der Waals surface area contributed by atoms with Crippen LogP contribution < -0.4 is 5.56 Å². The number of aryl methyl sites for hydroxylation is 2. The number of ether oxygens (including phenoxy) is 1. The maximum absolute atomic E-state index is 12.5. The van der Waals surface area contributed by atoms with Crippen molar-refractivity contribution in [1.29, 1.82) is 0 Å². The summed E-state index contributed by atoms with van der Waals surface area (Å²) in [5.41, 5.74) is 3.11. The van der Waals surface area contributed by atoms with Gasteiger partial charge in [-0.3, -0.25) is 9.69 Å². The van der Waals surface area contributed by atoms with Crippen molar-refractivity contribution in [2.75, 3.05) is 20.3 Å². The molecule has 0 radical (unpaired) electrons. The van der Waals surface area contributed by atoms with Crippen LogP contribution in [0.1, 0.15) is 23.4 Å². The summed E-state index contributed by atoms with van der Waals surface area (Å²) in [6.45, 7) is 5.34. The maximum atomic E-state index is 12.5. The largest absolute Gasteiger partial charge is 0.395 e. The Hall–Kier alpha value is -1.61. The lowest BCUT2D eigenvalue weighted by molar-refractivity contribution is 0.107. The molecule has 7 nitrogen and oxygen atoms in total. The van der Waals surface area contributed by atoms with Crippen LogP contribution in [0.5, 0.6) is 0 Å². The van der Waals surface area contributed by atoms with Crippen LogP contribution in [0.4, 0.5) is 0 Å². The molecule has 2 aromatic rings. The summed E-state index contributed by atoms with van der Waals surface area (Å²) in [6, 6.07) is 0.0906. The van der Waals surface area contributed by atoms with Gasteiger partial charge in [-0.2, -0.15) is 5.10 Å². The third kappa shape index (κ3) is 3.52. The fraction of sp³-hybridized carbons (Fsp3) is 0.588. The fourth-order valence-corrected chi connectivity index (χ4v) is 4.20. The Morgan fingerprint density at radius 2 is 2.20 bits per heavy atom. The van der Waals surface area contributed by atoms with E-state index in [-0.39, 0.29) is 24.3 Å². The van der Waals surface area contributed by atoms with E-state index in [1.54, 1.807) is 14.2 Å². The van der Waals surface area contributed by atoms with Gasteiger partial charge in [-0.05, 0) is 25.8 Å². The first-order chi connectivity index (χ1) is 11.9. The predicted octanol–water partition coefficient (Wildman–Crippen LogP) is 1.10. The van der Waals surface area contributed by atoms with Gasteiger partial charge >= 0.3 is 0 Å². The van der Waals surface area contributed by atoms with E-state index in [4.69, 9.17) is 4.74 Å². The minimum absolute atomic E-state index is 0.0906. The second-order valence-electron chi connectivity index (χ2n) is 6.52. The fourth-order valence-electron chi connectivity index (χ4n) is 3.30. The van der Waals surface area contributed by atoms with Gasteiger partial charge in [0, 0.05) is 38.7 Å². The van der Waals surface area contributed by atoms with E-state index in [1.807, 2.05) is 19.2 Å². The molecule has 25 heavy (non-hydrogen) atoms. The lowest BCUT2D eigenvalue weighted by atomic mass is 10.1. The molecule has 0 amide bonds. The van der Waals surface area contributed by atoms with Crippen LogP contribution in [0, 0.1) is 13.8 Å².